The van der Waals surface area contributed by atoms with Crippen LogP contribution in [0.4, 0.5) is 14.5 Å². The molecule has 1 aliphatic heterocycles. The third kappa shape index (κ3) is 3.09. The van der Waals surface area contributed by atoms with E-state index in [4.69, 9.17) is 17.8 Å². The Hall–Kier alpha value is -2.03. The average Bonchev–Trinajstić information content (AvgIpc) is 2.96. The van der Waals surface area contributed by atoms with E-state index in [1.54, 1.807) is 23.6 Å². The molecule has 5 nitrogen and oxygen atoms in total. The van der Waals surface area contributed by atoms with E-state index in [0.717, 1.165) is 0 Å². The second kappa shape index (κ2) is 6.51. The van der Waals surface area contributed by atoms with Gasteiger partial charge in [0.1, 0.15) is 5.82 Å². The number of rotatable bonds is 2. The van der Waals surface area contributed by atoms with E-state index >= 15 is 0 Å². The van der Waals surface area contributed by atoms with Crippen molar-refractivity contribution in [1.82, 2.24) is 9.55 Å². The first-order valence-corrected chi connectivity index (χ1v) is 10.6. The molecule has 1 aromatic heterocycles. The highest BCUT2D eigenvalue weighted by Crippen LogP contribution is 2.49. The van der Waals surface area contributed by atoms with Crippen LogP contribution >= 0.6 is 10.5 Å². The number of aromatic nitrogens is 2. The Morgan fingerprint density at radius 2 is 2.00 bits per heavy atom. The molecule has 0 saturated heterocycles. The van der Waals surface area contributed by atoms with Crippen LogP contribution in [0.2, 0.25) is 0 Å². The maximum atomic E-state index is 13.7. The molecule has 1 unspecified atom stereocenters. The summed E-state index contributed by atoms with van der Waals surface area (Å²) < 4.78 is 33.4. The van der Waals surface area contributed by atoms with Gasteiger partial charge in [0.2, 0.25) is 5.92 Å². The van der Waals surface area contributed by atoms with Crippen LogP contribution in [0.1, 0.15) is 50.4 Å². The second-order valence-corrected chi connectivity index (χ2v) is 8.81. The molecule has 2 heterocycles. The third-order valence-corrected chi connectivity index (χ3v) is 6.46. The van der Waals surface area contributed by atoms with Crippen LogP contribution in [0.15, 0.2) is 21.3 Å². The molecule has 2 N–H and O–H groups in total. The normalized spacial score (nSPS) is 21.8. The SMILES string of the molecule is [B]S(=C)/N=C(/C)c1cc(N)cc2c(=O)n3c(nc12)C1(CC3)CCC(F)(F)CC1. The van der Waals surface area contributed by atoms with Gasteiger partial charge in [-0.25, -0.2) is 18.2 Å². The molecule has 4 rings (SSSR count). The minimum absolute atomic E-state index is 0.173. The van der Waals surface area contributed by atoms with E-state index in [-0.39, 0.29) is 18.4 Å². The van der Waals surface area contributed by atoms with Crippen LogP contribution in [0, 0.1) is 0 Å². The zero-order valence-corrected chi connectivity index (χ0v) is 16.5. The second-order valence-electron chi connectivity index (χ2n) is 7.82. The summed E-state index contributed by atoms with van der Waals surface area (Å²) in [4.78, 5) is 18.0. The Bertz CT molecular complexity index is 1090. The van der Waals surface area contributed by atoms with E-state index < -0.39 is 21.9 Å². The molecule has 1 atom stereocenters. The summed E-state index contributed by atoms with van der Waals surface area (Å²) in [5.41, 5.74) is 7.52. The van der Waals surface area contributed by atoms with E-state index in [1.807, 2.05) is 0 Å². The van der Waals surface area contributed by atoms with Crippen LogP contribution in [0.5, 0.6) is 0 Å². The fraction of sp³-hybridized carbons (Fsp3) is 0.474. The molecule has 28 heavy (non-hydrogen) atoms. The molecule has 0 amide bonds. The van der Waals surface area contributed by atoms with Gasteiger partial charge in [0, 0.05) is 36.1 Å². The number of halogens is 2. The van der Waals surface area contributed by atoms with E-state index in [0.29, 0.717) is 59.5 Å². The van der Waals surface area contributed by atoms with Gasteiger partial charge in [0.05, 0.1) is 16.6 Å². The van der Waals surface area contributed by atoms with Gasteiger partial charge < -0.3 is 5.73 Å². The zero-order valence-electron chi connectivity index (χ0n) is 15.7. The maximum Gasteiger partial charge on any atom is 0.261 e. The third-order valence-electron chi connectivity index (χ3n) is 5.95. The van der Waals surface area contributed by atoms with Gasteiger partial charge in [0.15, 0.2) is 7.12 Å². The molecule has 9 heteroatoms. The first-order chi connectivity index (χ1) is 13.1. The van der Waals surface area contributed by atoms with Crippen molar-refractivity contribution in [3.05, 3.63) is 33.9 Å². The Balaban J connectivity index is 1.95. The minimum atomic E-state index is -2.64. The lowest BCUT2D eigenvalue weighted by Crippen LogP contribution is -2.37. The predicted molar refractivity (Wildman–Crippen MR) is 113 cm³/mol. The van der Waals surface area contributed by atoms with Gasteiger partial charge in [-0.15, -0.1) is 10.5 Å². The summed E-state index contributed by atoms with van der Waals surface area (Å²) >= 11 is 0. The Morgan fingerprint density at radius 1 is 1.32 bits per heavy atom. The molecule has 1 aliphatic carbocycles. The molecule has 1 spiro atoms. The highest BCUT2D eigenvalue weighted by atomic mass is 32.2. The molecule has 0 bridgehead atoms. The molecule has 2 aliphatic rings. The van der Waals surface area contributed by atoms with Gasteiger partial charge in [-0.1, -0.05) is 5.87 Å². The Morgan fingerprint density at radius 3 is 2.64 bits per heavy atom. The average molecular weight is 402 g/mol. The van der Waals surface area contributed by atoms with Crippen LogP contribution in [-0.2, 0) is 12.0 Å². The highest BCUT2D eigenvalue weighted by molar-refractivity contribution is 8.31. The Labute approximate surface area is 165 Å². The summed E-state index contributed by atoms with van der Waals surface area (Å²) in [5.74, 6) is 1.67. The maximum absolute atomic E-state index is 13.7. The first kappa shape index (κ1) is 19.3. The van der Waals surface area contributed by atoms with E-state index in [1.165, 1.54) is 0 Å². The molecule has 146 valence electrons. The fourth-order valence-corrected chi connectivity index (χ4v) is 4.92. The van der Waals surface area contributed by atoms with Crippen LogP contribution in [0.3, 0.4) is 0 Å². The summed E-state index contributed by atoms with van der Waals surface area (Å²) in [6, 6.07) is 3.33. The number of anilines is 1. The molecular formula is C19H21BF2N4OS. The minimum Gasteiger partial charge on any atom is -0.399 e. The Kier molecular flexibility index (Phi) is 4.48. The number of hydrogen-bond acceptors (Lipinski definition) is 4. The summed E-state index contributed by atoms with van der Waals surface area (Å²) in [6.07, 6.45) is 0.979. The number of nitrogens with two attached hydrogens (primary N) is 1. The first-order valence-electron chi connectivity index (χ1n) is 9.18. The molecule has 2 radical (unpaired) electrons. The molecule has 1 aromatic carbocycles. The van der Waals surface area contributed by atoms with Crippen molar-refractivity contribution >= 4 is 45.8 Å². The van der Waals surface area contributed by atoms with Crippen molar-refractivity contribution < 1.29 is 8.78 Å². The van der Waals surface area contributed by atoms with Crippen molar-refractivity contribution in [3.8, 4) is 0 Å². The summed E-state index contributed by atoms with van der Waals surface area (Å²) in [6.45, 7) is 2.26. The predicted octanol–water partition coefficient (Wildman–Crippen LogP) is 3.34. The molecular weight excluding hydrogens is 381 g/mol. The monoisotopic (exact) mass is 402 g/mol. The fourth-order valence-electron chi connectivity index (χ4n) is 4.47. The molecule has 1 saturated carbocycles. The number of alkyl halides is 2. The van der Waals surface area contributed by atoms with Gasteiger partial charge in [-0.2, -0.15) is 0 Å². The van der Waals surface area contributed by atoms with Gasteiger partial charge in [-0.05, 0) is 38.3 Å². The smallest absolute Gasteiger partial charge is 0.261 e. The largest absolute Gasteiger partial charge is 0.399 e. The van der Waals surface area contributed by atoms with E-state index in [9.17, 15) is 13.6 Å². The van der Waals surface area contributed by atoms with Gasteiger partial charge in [0.25, 0.3) is 5.56 Å². The lowest BCUT2D eigenvalue weighted by Gasteiger charge is -2.36. The molecule has 2 aromatic rings. The molecule has 1 fully saturated rings. The summed E-state index contributed by atoms with van der Waals surface area (Å²) in [7, 11) is 4.79. The lowest BCUT2D eigenvalue weighted by molar-refractivity contribution is -0.0523. The number of hydrogen-bond donors (Lipinski definition) is 1. The quantitative estimate of drug-likeness (QED) is 0.363. The zero-order chi connectivity index (χ0) is 20.3. The van der Waals surface area contributed by atoms with E-state index in [2.05, 4.69) is 10.3 Å². The number of fused-ring (bicyclic) bond motifs is 3. The van der Waals surface area contributed by atoms with Gasteiger partial charge in [-0.3, -0.25) is 9.36 Å². The van der Waals surface area contributed by atoms with Crippen molar-refractivity contribution in [1.29, 1.82) is 0 Å². The van der Waals surface area contributed by atoms with Crippen LogP contribution < -0.4 is 11.3 Å². The van der Waals surface area contributed by atoms with Crippen molar-refractivity contribution in [2.75, 3.05) is 5.73 Å². The lowest BCUT2D eigenvalue weighted by atomic mass is 9.71. The number of nitrogens with zero attached hydrogens (tertiary/aromatic N) is 3. The standard InChI is InChI=1S/C19H21BF2N4OS/c1-11(25-28(2)20)13-9-12(23)10-14-15(13)24-17-18(7-8-26(17)16(14)27)3-5-19(21,22)6-4-18/h9-10H,2-8,23H2,1H3/b25-11-. The van der Waals surface area contributed by atoms with Crippen LogP contribution in [-0.4, -0.2) is 34.2 Å². The number of nitrogen functional groups attached to an aromatic ring is 1. The van der Waals surface area contributed by atoms with Crippen LogP contribution in [0.25, 0.3) is 10.9 Å². The number of benzene rings is 1. The van der Waals surface area contributed by atoms with Crippen molar-refractivity contribution in [3.63, 3.8) is 0 Å². The van der Waals surface area contributed by atoms with Crippen molar-refractivity contribution in [2.24, 2.45) is 4.40 Å². The van der Waals surface area contributed by atoms with Gasteiger partial charge >= 0.3 is 0 Å². The summed E-state index contributed by atoms with van der Waals surface area (Å²) in [5, 5.41) is 0.410. The highest BCUT2D eigenvalue weighted by Gasteiger charge is 2.49. The topological polar surface area (TPSA) is 73.3 Å². The van der Waals surface area contributed by atoms with Crippen molar-refractivity contribution in [2.45, 2.75) is 56.9 Å².